The number of hydrogen-bond donors (Lipinski definition) is 0. The Kier molecular flexibility index (Phi) is 3.23. The third kappa shape index (κ3) is 1.73. The van der Waals surface area contributed by atoms with E-state index in [1.807, 2.05) is 12.1 Å². The summed E-state index contributed by atoms with van der Waals surface area (Å²) < 4.78 is 6.84. The predicted octanol–water partition coefficient (Wildman–Crippen LogP) is 3.36. The molecule has 1 aromatic rings. The Morgan fingerprint density at radius 3 is 2.64 bits per heavy atom. The molecule has 2 heteroatoms. The van der Waals surface area contributed by atoms with Crippen LogP contribution in [-0.4, -0.2) is 10.5 Å². The van der Waals surface area contributed by atoms with Gasteiger partial charge in [-0.2, -0.15) is 0 Å². The van der Waals surface area contributed by atoms with E-state index in [9.17, 15) is 0 Å². The van der Waals surface area contributed by atoms with Crippen molar-refractivity contribution in [3.63, 3.8) is 0 Å². The smallest absolute Gasteiger partial charge is 0.0917 e. The second-order valence-corrected chi connectivity index (χ2v) is 4.35. The monoisotopic (exact) mass is 300 g/mol. The van der Waals surface area contributed by atoms with Crippen LogP contribution in [0.25, 0.3) is 0 Å². The van der Waals surface area contributed by atoms with E-state index in [4.69, 9.17) is 4.74 Å². The van der Waals surface area contributed by atoms with Crippen molar-refractivity contribution >= 4 is 22.6 Å². The van der Waals surface area contributed by atoms with Crippen molar-refractivity contribution in [2.24, 2.45) is 5.92 Å². The van der Waals surface area contributed by atoms with Crippen molar-refractivity contribution in [1.82, 2.24) is 0 Å². The van der Waals surface area contributed by atoms with E-state index in [1.54, 1.807) is 0 Å². The summed E-state index contributed by atoms with van der Waals surface area (Å²) >= 11 is 2.36. The summed E-state index contributed by atoms with van der Waals surface area (Å²) in [6.07, 6.45) is 2.61. The molecule has 1 fully saturated rings. The molecule has 0 bridgehead atoms. The summed E-state index contributed by atoms with van der Waals surface area (Å²) in [7, 11) is 0. The Labute approximate surface area is 98.3 Å². The summed E-state index contributed by atoms with van der Waals surface area (Å²) in [5.41, 5.74) is 1.26. The average molecular weight is 300 g/mol. The van der Waals surface area contributed by atoms with Crippen molar-refractivity contribution in [3.05, 3.63) is 48.6 Å². The Morgan fingerprint density at radius 1 is 1.36 bits per heavy atom. The van der Waals surface area contributed by atoms with Gasteiger partial charge in [-0.1, -0.05) is 59.0 Å². The SMILES string of the molecule is C=C[C@@H]1[C@@H](CI)O[C@H]1c1ccccc1. The second kappa shape index (κ2) is 4.45. The summed E-state index contributed by atoms with van der Waals surface area (Å²) in [5.74, 6) is 0.481. The lowest BCUT2D eigenvalue weighted by molar-refractivity contribution is -0.154. The van der Waals surface area contributed by atoms with Crippen LogP contribution in [-0.2, 0) is 4.74 Å². The minimum Gasteiger partial charge on any atom is -0.368 e. The highest BCUT2D eigenvalue weighted by Gasteiger charge is 2.40. The van der Waals surface area contributed by atoms with Gasteiger partial charge >= 0.3 is 0 Å². The molecule has 0 N–H and O–H groups in total. The molecule has 0 radical (unpaired) electrons. The molecule has 0 aromatic heterocycles. The van der Waals surface area contributed by atoms with Crippen molar-refractivity contribution < 1.29 is 4.74 Å². The normalized spacial score (nSPS) is 30.8. The lowest BCUT2D eigenvalue weighted by Crippen LogP contribution is -2.42. The number of ether oxygens (including phenoxy) is 1. The highest BCUT2D eigenvalue weighted by molar-refractivity contribution is 14.1. The van der Waals surface area contributed by atoms with Crippen LogP contribution in [0.3, 0.4) is 0 Å². The van der Waals surface area contributed by atoms with E-state index in [0.717, 1.165) is 4.43 Å². The number of benzene rings is 1. The first-order chi connectivity index (χ1) is 6.86. The fourth-order valence-corrected chi connectivity index (χ4v) is 2.63. The fraction of sp³-hybridized carbons (Fsp3) is 0.333. The standard InChI is InChI=1S/C12H13IO/c1-2-10-11(8-13)14-12(10)9-6-4-3-5-7-9/h2-7,10-12H,1,8H2/t10-,11-,12+/m1/s1. The van der Waals surface area contributed by atoms with Gasteiger partial charge in [-0.25, -0.2) is 0 Å². The van der Waals surface area contributed by atoms with E-state index in [1.165, 1.54) is 5.56 Å². The molecule has 0 saturated carbocycles. The van der Waals surface area contributed by atoms with Gasteiger partial charge in [-0.3, -0.25) is 0 Å². The third-order valence-electron chi connectivity index (χ3n) is 2.65. The fourth-order valence-electron chi connectivity index (χ4n) is 1.83. The van der Waals surface area contributed by atoms with E-state index in [2.05, 4.69) is 53.4 Å². The summed E-state index contributed by atoms with van der Waals surface area (Å²) in [6, 6.07) is 10.4. The van der Waals surface area contributed by atoms with Crippen molar-refractivity contribution in [2.45, 2.75) is 12.2 Å². The summed E-state index contributed by atoms with van der Waals surface area (Å²) in [6.45, 7) is 3.87. The summed E-state index contributed by atoms with van der Waals surface area (Å²) in [5, 5.41) is 0. The van der Waals surface area contributed by atoms with Gasteiger partial charge < -0.3 is 4.74 Å². The number of rotatable bonds is 3. The first kappa shape index (κ1) is 10.2. The van der Waals surface area contributed by atoms with Gasteiger partial charge in [0.2, 0.25) is 0 Å². The van der Waals surface area contributed by atoms with Crippen molar-refractivity contribution in [2.75, 3.05) is 4.43 Å². The van der Waals surface area contributed by atoms with Crippen LogP contribution < -0.4 is 0 Å². The average Bonchev–Trinajstić information content (AvgIpc) is 2.19. The molecule has 0 unspecified atom stereocenters. The molecule has 14 heavy (non-hydrogen) atoms. The predicted molar refractivity (Wildman–Crippen MR) is 66.6 cm³/mol. The lowest BCUT2D eigenvalue weighted by Gasteiger charge is -2.43. The Morgan fingerprint density at radius 2 is 2.07 bits per heavy atom. The van der Waals surface area contributed by atoms with Gasteiger partial charge in [0.25, 0.3) is 0 Å². The number of alkyl halides is 1. The molecular formula is C12H13IO. The number of halogens is 1. The van der Waals surface area contributed by atoms with Gasteiger partial charge in [0.15, 0.2) is 0 Å². The zero-order valence-corrected chi connectivity index (χ0v) is 10.1. The van der Waals surface area contributed by atoms with Gasteiger partial charge in [-0.05, 0) is 5.56 Å². The van der Waals surface area contributed by atoms with Crippen LogP contribution in [0, 0.1) is 5.92 Å². The van der Waals surface area contributed by atoms with Gasteiger partial charge in [0, 0.05) is 10.3 Å². The molecule has 74 valence electrons. The van der Waals surface area contributed by atoms with Crippen molar-refractivity contribution in [3.8, 4) is 0 Å². The third-order valence-corrected chi connectivity index (χ3v) is 3.52. The molecule has 2 rings (SSSR count). The van der Waals surface area contributed by atoms with Crippen LogP contribution in [0.4, 0.5) is 0 Å². The molecule has 1 saturated heterocycles. The largest absolute Gasteiger partial charge is 0.368 e. The minimum atomic E-state index is 0.230. The maximum Gasteiger partial charge on any atom is 0.0917 e. The first-order valence-electron chi connectivity index (χ1n) is 4.75. The molecule has 1 heterocycles. The molecule has 3 atom stereocenters. The van der Waals surface area contributed by atoms with Gasteiger partial charge in [0.1, 0.15) is 0 Å². The van der Waals surface area contributed by atoms with Gasteiger partial charge in [-0.15, -0.1) is 6.58 Å². The van der Waals surface area contributed by atoms with Crippen LogP contribution in [0.15, 0.2) is 43.0 Å². The maximum absolute atomic E-state index is 5.80. The summed E-state index contributed by atoms with van der Waals surface area (Å²) in [4.78, 5) is 0. The zero-order valence-electron chi connectivity index (χ0n) is 7.90. The van der Waals surface area contributed by atoms with Crippen LogP contribution in [0.2, 0.25) is 0 Å². The van der Waals surface area contributed by atoms with Gasteiger partial charge in [0.05, 0.1) is 12.2 Å². The van der Waals surface area contributed by atoms with E-state index in [-0.39, 0.29) is 6.10 Å². The first-order valence-corrected chi connectivity index (χ1v) is 6.28. The van der Waals surface area contributed by atoms with E-state index in [0.29, 0.717) is 12.0 Å². The highest BCUT2D eigenvalue weighted by Crippen LogP contribution is 2.42. The van der Waals surface area contributed by atoms with Crippen LogP contribution in [0.1, 0.15) is 11.7 Å². The second-order valence-electron chi connectivity index (χ2n) is 3.47. The zero-order chi connectivity index (χ0) is 9.97. The quantitative estimate of drug-likeness (QED) is 0.472. The molecule has 0 amide bonds. The molecule has 1 nitrogen and oxygen atoms in total. The molecule has 0 spiro atoms. The topological polar surface area (TPSA) is 9.23 Å². The lowest BCUT2D eigenvalue weighted by atomic mass is 9.86. The molecule has 0 aliphatic carbocycles. The Hall–Kier alpha value is -0.350. The number of hydrogen-bond acceptors (Lipinski definition) is 1. The molecule has 1 aliphatic rings. The molecule has 1 aromatic carbocycles. The maximum atomic E-state index is 5.80. The Balaban J connectivity index is 2.12. The van der Waals surface area contributed by atoms with E-state index < -0.39 is 0 Å². The highest BCUT2D eigenvalue weighted by atomic mass is 127. The molecular weight excluding hydrogens is 287 g/mol. The molecule has 1 aliphatic heterocycles. The minimum absolute atomic E-state index is 0.230. The van der Waals surface area contributed by atoms with E-state index >= 15 is 0 Å². The van der Waals surface area contributed by atoms with Crippen LogP contribution >= 0.6 is 22.6 Å². The Bertz CT molecular complexity index is 309. The van der Waals surface area contributed by atoms with Crippen LogP contribution in [0.5, 0.6) is 0 Å². The van der Waals surface area contributed by atoms with Crippen molar-refractivity contribution in [1.29, 1.82) is 0 Å².